The standard InChI is InChI=1S/C27H19N3O4S/c1-16-28-29-27(35-16)30-23(18-10-7-11-19(14-18)33-15-17-8-3-2-4-9-17)22-24(31)20-12-5-6-13-21(20)34-25(22)26(30)32/h2-14,23H,15H2,1H3. The van der Waals surface area contributed by atoms with E-state index in [-0.39, 0.29) is 11.2 Å². The van der Waals surface area contributed by atoms with E-state index in [9.17, 15) is 9.59 Å². The molecule has 0 radical (unpaired) electrons. The average molecular weight is 482 g/mol. The van der Waals surface area contributed by atoms with E-state index in [0.29, 0.717) is 39.0 Å². The molecule has 0 spiro atoms. The Morgan fingerprint density at radius 2 is 1.77 bits per heavy atom. The van der Waals surface area contributed by atoms with E-state index in [1.165, 1.54) is 16.2 Å². The molecule has 8 heteroatoms. The third-order valence-corrected chi connectivity index (χ3v) is 6.76. The minimum atomic E-state index is -0.717. The topological polar surface area (TPSA) is 85.5 Å². The van der Waals surface area contributed by atoms with Gasteiger partial charge in [-0.2, -0.15) is 0 Å². The summed E-state index contributed by atoms with van der Waals surface area (Å²) in [4.78, 5) is 28.7. The summed E-state index contributed by atoms with van der Waals surface area (Å²) in [5.74, 6) is 0.243. The van der Waals surface area contributed by atoms with Gasteiger partial charge in [-0.1, -0.05) is 65.9 Å². The van der Waals surface area contributed by atoms with Crippen LogP contribution in [-0.2, 0) is 6.61 Å². The lowest BCUT2D eigenvalue weighted by atomic mass is 9.98. The van der Waals surface area contributed by atoms with Gasteiger partial charge < -0.3 is 9.15 Å². The summed E-state index contributed by atoms with van der Waals surface area (Å²) in [6, 6.07) is 23.5. The summed E-state index contributed by atoms with van der Waals surface area (Å²) in [6.45, 7) is 2.22. The number of carbonyl (C=O) groups is 1. The Labute approximate surface area is 204 Å². The van der Waals surface area contributed by atoms with Gasteiger partial charge in [0.2, 0.25) is 10.9 Å². The molecule has 1 aliphatic rings. The second kappa shape index (κ2) is 8.48. The van der Waals surface area contributed by atoms with Gasteiger partial charge in [-0.15, -0.1) is 10.2 Å². The zero-order valence-electron chi connectivity index (χ0n) is 18.7. The van der Waals surface area contributed by atoms with Crippen LogP contribution in [0.4, 0.5) is 5.13 Å². The molecule has 2 aromatic heterocycles. The van der Waals surface area contributed by atoms with Crippen LogP contribution in [-0.4, -0.2) is 16.1 Å². The van der Waals surface area contributed by atoms with Gasteiger partial charge in [0, 0.05) is 0 Å². The summed E-state index contributed by atoms with van der Waals surface area (Å²) in [6.07, 6.45) is 0. The van der Waals surface area contributed by atoms with Gasteiger partial charge in [-0.05, 0) is 42.3 Å². The first-order chi connectivity index (χ1) is 17.1. The SMILES string of the molecule is Cc1nnc(N2C(=O)c3oc4ccccc4c(=O)c3C2c2cccc(OCc3ccccc3)c2)s1. The maximum atomic E-state index is 13.6. The highest BCUT2D eigenvalue weighted by Gasteiger charge is 2.45. The number of rotatable bonds is 5. The Hall–Kier alpha value is -4.30. The summed E-state index contributed by atoms with van der Waals surface area (Å²) < 4.78 is 12.0. The molecule has 1 aliphatic heterocycles. The summed E-state index contributed by atoms with van der Waals surface area (Å²) in [5, 5.41) is 9.84. The van der Waals surface area contributed by atoms with E-state index in [1.54, 1.807) is 24.3 Å². The smallest absolute Gasteiger partial charge is 0.297 e. The monoisotopic (exact) mass is 481 g/mol. The molecule has 0 bridgehead atoms. The Morgan fingerprint density at radius 1 is 0.971 bits per heavy atom. The summed E-state index contributed by atoms with van der Waals surface area (Å²) in [5.41, 5.74) is 2.19. The van der Waals surface area contributed by atoms with Crippen molar-refractivity contribution in [2.45, 2.75) is 19.6 Å². The second-order valence-electron chi connectivity index (χ2n) is 8.20. The number of benzene rings is 3. The maximum absolute atomic E-state index is 13.6. The molecule has 0 saturated heterocycles. The number of hydrogen-bond donors (Lipinski definition) is 0. The molecule has 1 atom stereocenters. The van der Waals surface area contributed by atoms with Crippen molar-refractivity contribution >= 4 is 33.3 Å². The molecule has 172 valence electrons. The molecule has 0 fully saturated rings. The molecule has 35 heavy (non-hydrogen) atoms. The zero-order chi connectivity index (χ0) is 23.9. The fourth-order valence-corrected chi connectivity index (χ4v) is 5.05. The van der Waals surface area contributed by atoms with Gasteiger partial charge in [-0.3, -0.25) is 14.5 Å². The Balaban J connectivity index is 1.48. The summed E-state index contributed by atoms with van der Waals surface area (Å²) >= 11 is 1.29. The number of hydrogen-bond acceptors (Lipinski definition) is 7. The fourth-order valence-electron chi connectivity index (χ4n) is 4.33. The highest BCUT2D eigenvalue weighted by Crippen LogP contribution is 2.42. The molecule has 0 N–H and O–H groups in total. The Morgan fingerprint density at radius 3 is 2.57 bits per heavy atom. The highest BCUT2D eigenvalue weighted by molar-refractivity contribution is 7.15. The molecule has 3 aromatic carbocycles. The van der Waals surface area contributed by atoms with Crippen molar-refractivity contribution in [2.24, 2.45) is 0 Å². The lowest BCUT2D eigenvalue weighted by Crippen LogP contribution is -2.29. The number of para-hydroxylation sites is 1. The molecule has 0 saturated carbocycles. The van der Waals surface area contributed by atoms with Crippen LogP contribution < -0.4 is 15.1 Å². The number of anilines is 1. The number of aryl methyl sites for hydroxylation is 1. The minimum Gasteiger partial charge on any atom is -0.489 e. The van der Waals surface area contributed by atoms with Crippen molar-refractivity contribution in [3.8, 4) is 5.75 Å². The lowest BCUT2D eigenvalue weighted by Gasteiger charge is -2.22. The van der Waals surface area contributed by atoms with E-state index < -0.39 is 11.9 Å². The number of aromatic nitrogens is 2. The Bertz CT molecular complexity index is 1630. The molecule has 1 amide bonds. The normalized spacial score (nSPS) is 14.9. The van der Waals surface area contributed by atoms with E-state index in [2.05, 4.69) is 10.2 Å². The third-order valence-electron chi connectivity index (χ3n) is 5.92. The minimum absolute atomic E-state index is 0.0298. The van der Waals surface area contributed by atoms with Crippen molar-refractivity contribution < 1.29 is 13.9 Å². The number of nitrogens with zero attached hydrogens (tertiary/aromatic N) is 3. The molecule has 5 aromatic rings. The second-order valence-corrected chi connectivity index (χ2v) is 9.36. The van der Waals surface area contributed by atoms with Crippen molar-refractivity contribution in [1.82, 2.24) is 10.2 Å². The number of amides is 1. The van der Waals surface area contributed by atoms with Gasteiger partial charge in [0.15, 0.2) is 5.43 Å². The number of fused-ring (bicyclic) bond motifs is 2. The van der Waals surface area contributed by atoms with Crippen molar-refractivity contribution in [2.75, 3.05) is 4.90 Å². The first kappa shape index (κ1) is 21.2. The number of ether oxygens (including phenoxy) is 1. The van der Waals surface area contributed by atoms with Crippen LogP contribution in [0.5, 0.6) is 5.75 Å². The number of carbonyl (C=O) groups excluding carboxylic acids is 1. The van der Waals surface area contributed by atoms with E-state index in [0.717, 1.165) is 11.1 Å². The van der Waals surface area contributed by atoms with Crippen LogP contribution in [0.25, 0.3) is 11.0 Å². The Kier molecular flexibility index (Phi) is 5.15. The lowest BCUT2D eigenvalue weighted by molar-refractivity contribution is 0.0970. The molecule has 3 heterocycles. The third kappa shape index (κ3) is 3.68. The van der Waals surface area contributed by atoms with Crippen molar-refractivity contribution in [3.05, 3.63) is 117 Å². The fraction of sp³-hybridized carbons (Fsp3) is 0.111. The van der Waals surface area contributed by atoms with Crippen LogP contribution in [0.3, 0.4) is 0 Å². The largest absolute Gasteiger partial charge is 0.489 e. The molecular weight excluding hydrogens is 462 g/mol. The van der Waals surface area contributed by atoms with Crippen LogP contribution in [0.15, 0.2) is 88.1 Å². The summed E-state index contributed by atoms with van der Waals surface area (Å²) in [7, 11) is 0. The molecule has 1 unspecified atom stereocenters. The van der Waals surface area contributed by atoms with Crippen molar-refractivity contribution in [1.29, 1.82) is 0 Å². The average Bonchev–Trinajstić information content (AvgIpc) is 3.44. The quantitative estimate of drug-likeness (QED) is 0.339. The predicted molar refractivity (Wildman–Crippen MR) is 133 cm³/mol. The van der Waals surface area contributed by atoms with Crippen LogP contribution >= 0.6 is 11.3 Å². The first-order valence-corrected chi connectivity index (χ1v) is 11.9. The predicted octanol–water partition coefficient (Wildman–Crippen LogP) is 5.28. The van der Waals surface area contributed by atoms with Crippen molar-refractivity contribution in [3.63, 3.8) is 0 Å². The molecule has 7 nitrogen and oxygen atoms in total. The molecular formula is C27H19N3O4S. The van der Waals surface area contributed by atoms with Crippen LogP contribution in [0.2, 0.25) is 0 Å². The maximum Gasteiger partial charge on any atom is 0.297 e. The highest BCUT2D eigenvalue weighted by atomic mass is 32.1. The van der Waals surface area contributed by atoms with E-state index in [4.69, 9.17) is 9.15 Å². The van der Waals surface area contributed by atoms with Gasteiger partial charge in [0.25, 0.3) is 5.91 Å². The van der Waals surface area contributed by atoms with Crippen LogP contribution in [0.1, 0.15) is 38.3 Å². The van der Waals surface area contributed by atoms with Gasteiger partial charge in [0.1, 0.15) is 22.9 Å². The van der Waals surface area contributed by atoms with Gasteiger partial charge >= 0.3 is 0 Å². The zero-order valence-corrected chi connectivity index (χ0v) is 19.5. The van der Waals surface area contributed by atoms with E-state index in [1.807, 2.05) is 61.5 Å². The first-order valence-electron chi connectivity index (χ1n) is 11.1. The van der Waals surface area contributed by atoms with Gasteiger partial charge in [0.05, 0.1) is 17.0 Å². The van der Waals surface area contributed by atoms with Gasteiger partial charge in [-0.25, -0.2) is 0 Å². The molecule has 0 aliphatic carbocycles. The molecule has 6 rings (SSSR count). The van der Waals surface area contributed by atoms with Crippen LogP contribution in [0, 0.1) is 6.92 Å². The van der Waals surface area contributed by atoms with E-state index >= 15 is 0 Å².